The number of piperidine rings is 1. The van der Waals surface area contributed by atoms with Crippen molar-refractivity contribution in [1.29, 1.82) is 0 Å². The van der Waals surface area contributed by atoms with Crippen molar-refractivity contribution in [1.82, 2.24) is 15.3 Å². The number of amides is 1. The molecule has 0 radical (unpaired) electrons. The Morgan fingerprint density at radius 1 is 1.15 bits per heavy atom. The van der Waals surface area contributed by atoms with E-state index < -0.39 is 11.7 Å². The van der Waals surface area contributed by atoms with Crippen LogP contribution in [0.4, 0.5) is 19.0 Å². The minimum Gasteiger partial charge on any atom is -0.355 e. The third-order valence-corrected chi connectivity index (χ3v) is 4.49. The molecule has 3 rings (SSSR count). The van der Waals surface area contributed by atoms with Crippen molar-refractivity contribution in [3.05, 3.63) is 54.0 Å². The summed E-state index contributed by atoms with van der Waals surface area (Å²) in [5.41, 5.74) is -0.0488. The minimum atomic E-state index is -4.35. The lowest BCUT2D eigenvalue weighted by Gasteiger charge is -2.31. The van der Waals surface area contributed by atoms with E-state index in [-0.39, 0.29) is 18.4 Å². The molecule has 1 fully saturated rings. The van der Waals surface area contributed by atoms with Gasteiger partial charge in [0, 0.05) is 37.9 Å². The van der Waals surface area contributed by atoms with Gasteiger partial charge in [-0.25, -0.2) is 4.98 Å². The van der Waals surface area contributed by atoms with Gasteiger partial charge in [-0.15, -0.1) is 0 Å². The number of nitrogens with one attached hydrogen (secondary N) is 1. The fraction of sp³-hybridized carbons (Fsp3) is 0.389. The minimum absolute atomic E-state index is 0.0660. The van der Waals surface area contributed by atoms with Crippen LogP contribution in [0.25, 0.3) is 0 Å². The van der Waals surface area contributed by atoms with Crippen LogP contribution < -0.4 is 10.2 Å². The van der Waals surface area contributed by atoms with Crippen LogP contribution in [-0.4, -0.2) is 29.0 Å². The fourth-order valence-corrected chi connectivity index (χ4v) is 2.97. The maximum absolute atomic E-state index is 12.5. The SMILES string of the molecule is O=C(NCc1ccc(C(F)(F)F)cc1)C1CCN(c2cnccn2)CC1. The Balaban J connectivity index is 1.47. The van der Waals surface area contributed by atoms with Crippen LogP contribution in [0.3, 0.4) is 0 Å². The number of anilines is 1. The molecule has 8 heteroatoms. The molecular formula is C18H19F3N4O. The highest BCUT2D eigenvalue weighted by molar-refractivity contribution is 5.79. The number of benzene rings is 1. The molecule has 1 saturated heterocycles. The van der Waals surface area contributed by atoms with E-state index in [1.54, 1.807) is 18.6 Å². The van der Waals surface area contributed by atoms with Crippen molar-refractivity contribution in [3.8, 4) is 0 Å². The quantitative estimate of drug-likeness (QED) is 0.906. The van der Waals surface area contributed by atoms with Crippen LogP contribution >= 0.6 is 0 Å². The van der Waals surface area contributed by atoms with Gasteiger partial charge in [0.15, 0.2) is 0 Å². The van der Waals surface area contributed by atoms with Crippen LogP contribution in [0, 0.1) is 5.92 Å². The standard InChI is InChI=1S/C18H19F3N4O/c19-18(20,21)15-3-1-13(2-4-15)11-24-17(26)14-5-9-25(10-6-14)16-12-22-7-8-23-16/h1-4,7-8,12,14H,5-6,9-11H2,(H,24,26). The summed E-state index contributed by atoms with van der Waals surface area (Å²) in [6.07, 6.45) is 2.01. The highest BCUT2D eigenvalue weighted by atomic mass is 19.4. The Morgan fingerprint density at radius 3 is 2.42 bits per heavy atom. The molecule has 1 aromatic carbocycles. The lowest BCUT2D eigenvalue weighted by molar-refractivity contribution is -0.137. The highest BCUT2D eigenvalue weighted by Crippen LogP contribution is 2.29. The van der Waals surface area contributed by atoms with Gasteiger partial charge < -0.3 is 10.2 Å². The lowest BCUT2D eigenvalue weighted by Crippen LogP contribution is -2.40. The summed E-state index contributed by atoms with van der Waals surface area (Å²) < 4.78 is 37.6. The first kappa shape index (κ1) is 18.2. The maximum Gasteiger partial charge on any atom is 0.416 e. The third kappa shape index (κ3) is 4.50. The Morgan fingerprint density at radius 2 is 1.85 bits per heavy atom. The summed E-state index contributed by atoms with van der Waals surface area (Å²) in [5, 5.41) is 2.81. The van der Waals surface area contributed by atoms with E-state index in [9.17, 15) is 18.0 Å². The molecule has 26 heavy (non-hydrogen) atoms. The summed E-state index contributed by atoms with van der Waals surface area (Å²) in [5.74, 6) is 0.636. The van der Waals surface area contributed by atoms with Gasteiger partial charge in [0.2, 0.25) is 5.91 Å². The molecule has 138 valence electrons. The van der Waals surface area contributed by atoms with E-state index in [2.05, 4.69) is 20.2 Å². The van der Waals surface area contributed by atoms with Crippen molar-refractivity contribution in [2.45, 2.75) is 25.6 Å². The monoisotopic (exact) mass is 364 g/mol. The average molecular weight is 364 g/mol. The van der Waals surface area contributed by atoms with E-state index >= 15 is 0 Å². The Bertz CT molecular complexity index is 726. The highest BCUT2D eigenvalue weighted by Gasteiger charge is 2.30. The summed E-state index contributed by atoms with van der Waals surface area (Å²) >= 11 is 0. The molecule has 1 aromatic heterocycles. The van der Waals surface area contributed by atoms with Crippen LogP contribution in [0.5, 0.6) is 0 Å². The second-order valence-electron chi connectivity index (χ2n) is 6.24. The summed E-state index contributed by atoms with van der Waals surface area (Å²) in [7, 11) is 0. The number of hydrogen-bond acceptors (Lipinski definition) is 4. The smallest absolute Gasteiger partial charge is 0.355 e. The molecule has 0 unspecified atom stereocenters. The molecule has 2 heterocycles. The largest absolute Gasteiger partial charge is 0.416 e. The third-order valence-electron chi connectivity index (χ3n) is 4.49. The Labute approximate surface area is 149 Å². The van der Waals surface area contributed by atoms with E-state index in [0.29, 0.717) is 18.4 Å². The van der Waals surface area contributed by atoms with E-state index in [1.165, 1.54) is 12.1 Å². The number of hydrogen-bond donors (Lipinski definition) is 1. The zero-order valence-electron chi connectivity index (χ0n) is 14.0. The van der Waals surface area contributed by atoms with Gasteiger partial charge in [-0.3, -0.25) is 9.78 Å². The number of rotatable bonds is 4. The van der Waals surface area contributed by atoms with Gasteiger partial charge in [0.05, 0.1) is 11.8 Å². The molecule has 1 N–H and O–H groups in total. The van der Waals surface area contributed by atoms with Crippen molar-refractivity contribution >= 4 is 11.7 Å². The first-order chi connectivity index (χ1) is 12.4. The van der Waals surface area contributed by atoms with Crippen molar-refractivity contribution in [2.24, 2.45) is 5.92 Å². The lowest BCUT2D eigenvalue weighted by atomic mass is 9.96. The van der Waals surface area contributed by atoms with Crippen molar-refractivity contribution < 1.29 is 18.0 Å². The number of alkyl halides is 3. The normalized spacial score (nSPS) is 15.7. The predicted molar refractivity (Wildman–Crippen MR) is 90.3 cm³/mol. The molecule has 2 aromatic rings. The molecule has 0 bridgehead atoms. The number of nitrogens with zero attached hydrogens (tertiary/aromatic N) is 3. The topological polar surface area (TPSA) is 58.1 Å². The average Bonchev–Trinajstić information content (AvgIpc) is 2.66. The zero-order chi connectivity index (χ0) is 18.6. The summed E-state index contributed by atoms with van der Waals surface area (Å²) in [4.78, 5) is 22.7. The molecule has 0 aliphatic carbocycles. The predicted octanol–water partition coefficient (Wildman–Crippen LogP) is 3.03. The van der Waals surface area contributed by atoms with Gasteiger partial charge in [-0.05, 0) is 30.5 Å². The molecule has 5 nitrogen and oxygen atoms in total. The van der Waals surface area contributed by atoms with Crippen LogP contribution in [0.2, 0.25) is 0 Å². The van der Waals surface area contributed by atoms with Crippen LogP contribution in [0.1, 0.15) is 24.0 Å². The summed E-state index contributed by atoms with van der Waals surface area (Å²) in [6.45, 7) is 1.66. The molecule has 0 saturated carbocycles. The number of aromatic nitrogens is 2. The van der Waals surface area contributed by atoms with Gasteiger partial charge in [0.1, 0.15) is 5.82 Å². The Kier molecular flexibility index (Phi) is 5.39. The first-order valence-electron chi connectivity index (χ1n) is 8.38. The van der Waals surface area contributed by atoms with Crippen molar-refractivity contribution in [3.63, 3.8) is 0 Å². The molecule has 0 spiro atoms. The second-order valence-corrected chi connectivity index (χ2v) is 6.24. The van der Waals surface area contributed by atoms with Crippen molar-refractivity contribution in [2.75, 3.05) is 18.0 Å². The molecule has 1 aliphatic heterocycles. The van der Waals surface area contributed by atoms with Crippen LogP contribution in [0.15, 0.2) is 42.9 Å². The summed E-state index contributed by atoms with van der Waals surface area (Å²) in [6, 6.07) is 4.83. The molecule has 0 atom stereocenters. The van der Waals surface area contributed by atoms with E-state index in [0.717, 1.165) is 31.0 Å². The van der Waals surface area contributed by atoms with Gasteiger partial charge in [0.25, 0.3) is 0 Å². The van der Waals surface area contributed by atoms with Gasteiger partial charge in [-0.2, -0.15) is 13.2 Å². The number of carbonyl (C=O) groups is 1. The fourth-order valence-electron chi connectivity index (χ4n) is 2.97. The first-order valence-corrected chi connectivity index (χ1v) is 8.38. The number of carbonyl (C=O) groups excluding carboxylic acids is 1. The Hall–Kier alpha value is -2.64. The molecule has 1 amide bonds. The number of halogens is 3. The molecular weight excluding hydrogens is 345 g/mol. The van der Waals surface area contributed by atoms with E-state index in [4.69, 9.17) is 0 Å². The zero-order valence-corrected chi connectivity index (χ0v) is 14.0. The molecule has 1 aliphatic rings. The van der Waals surface area contributed by atoms with Crippen LogP contribution in [-0.2, 0) is 17.5 Å². The second kappa shape index (κ2) is 7.72. The van der Waals surface area contributed by atoms with Gasteiger partial charge >= 0.3 is 6.18 Å². The van der Waals surface area contributed by atoms with Gasteiger partial charge in [-0.1, -0.05) is 12.1 Å². The van der Waals surface area contributed by atoms with E-state index in [1.807, 2.05) is 0 Å². The maximum atomic E-state index is 12.5.